The number of rotatable bonds is 0. The average molecular weight is 269 g/mol. The van der Waals surface area contributed by atoms with Gasteiger partial charge in [0.25, 0.3) is 0 Å². The molecule has 0 bridgehead atoms. The molecule has 0 aromatic rings. The van der Waals surface area contributed by atoms with Crippen LogP contribution in [0.15, 0.2) is 0 Å². The summed E-state index contributed by atoms with van der Waals surface area (Å²) in [5.41, 5.74) is 0. The molecule has 0 heterocycles. The van der Waals surface area contributed by atoms with Crippen LogP contribution in [0.3, 0.4) is 0 Å². The zero-order valence-electron chi connectivity index (χ0n) is 3.97. The molecular formula is HFeKOZnZr. The maximum absolute atomic E-state index is 8.34. The Kier molecular flexibility index (Phi) is 123. The maximum atomic E-state index is 8.34. The second kappa shape index (κ2) is 26.0. The zero-order valence-corrected chi connectivity index (χ0v) is 12.6. The van der Waals surface area contributed by atoms with Gasteiger partial charge in [-0.1, -0.05) is 0 Å². The van der Waals surface area contributed by atoms with E-state index in [9.17, 15) is 0 Å². The van der Waals surface area contributed by atoms with Gasteiger partial charge in [-0.05, 0) is 0 Å². The van der Waals surface area contributed by atoms with E-state index in [4.69, 9.17) is 2.81 Å². The second-order valence-electron chi connectivity index (χ2n) is 0. The van der Waals surface area contributed by atoms with Crippen LogP contribution in [0.1, 0.15) is 1.43 Å². The summed E-state index contributed by atoms with van der Waals surface area (Å²) in [4.78, 5) is 0. The summed E-state index contributed by atoms with van der Waals surface area (Å²) in [6.07, 6.45) is 0. The van der Waals surface area contributed by atoms with Gasteiger partial charge in [0.05, 0.1) is 0 Å². The van der Waals surface area contributed by atoms with Crippen molar-refractivity contribution in [1.82, 2.24) is 0 Å². The van der Waals surface area contributed by atoms with Crippen molar-refractivity contribution >= 4 is 0 Å². The smallest absolute Gasteiger partial charge is 0 e. The van der Waals surface area contributed by atoms with Crippen molar-refractivity contribution in [2.75, 3.05) is 0 Å². The molecule has 0 rings (SSSR count). The summed E-state index contributed by atoms with van der Waals surface area (Å²) < 4.78 is 8.34. The molecule has 0 aromatic carbocycles. The summed E-state index contributed by atoms with van der Waals surface area (Å²) in [5, 5.41) is 0. The molecule has 5 heteroatoms. The van der Waals surface area contributed by atoms with Crippen LogP contribution in [-0.2, 0) is 64.1 Å². The van der Waals surface area contributed by atoms with Crippen LogP contribution in [0.25, 0.3) is 0 Å². The third-order valence-corrected chi connectivity index (χ3v) is 0. The Hall–Kier alpha value is 3.46. The largest absolute Gasteiger partial charge is 0 e. The van der Waals surface area contributed by atoms with Crippen LogP contribution in [0.4, 0.5) is 0 Å². The topological polar surface area (TPSA) is 17.1 Å². The Bertz CT molecular complexity index is 15.5. The molecular weight excluding hydrogens is 268 g/mol. The van der Waals surface area contributed by atoms with Crippen molar-refractivity contribution in [2.45, 2.75) is 0 Å². The molecule has 0 aliphatic heterocycles. The number of hydrogen-bond donors (Lipinski definition) is 0. The van der Waals surface area contributed by atoms with Gasteiger partial charge in [0, 0.05) is 36.5 Å². The van der Waals surface area contributed by atoms with Gasteiger partial charge in [0.1, 0.15) is 0 Å². The minimum absolute atomic E-state index is 0. The molecule has 1 nitrogen and oxygen atoms in total. The first-order valence-electron chi connectivity index (χ1n) is 0.204. The fourth-order valence-corrected chi connectivity index (χ4v) is 0. The van der Waals surface area contributed by atoms with Gasteiger partial charge in [-0.15, -0.1) is 0 Å². The third kappa shape index (κ3) is 18.6. The molecule has 0 saturated heterocycles. The molecule has 0 unspecified atom stereocenters. The minimum Gasteiger partial charge on any atom is 0 e. The molecule has 0 aliphatic carbocycles. The standard InChI is InChI=1S/Fe.K.O.Zn.Zr.H/q;+1;;;;-1. The molecule has 0 fully saturated rings. The summed E-state index contributed by atoms with van der Waals surface area (Å²) in [5.74, 6) is 0. The van der Waals surface area contributed by atoms with Crippen molar-refractivity contribution in [1.29, 1.82) is 0 Å². The first-order chi connectivity index (χ1) is 1.00. The van der Waals surface area contributed by atoms with Crippen LogP contribution >= 0.6 is 0 Å². The van der Waals surface area contributed by atoms with Gasteiger partial charge in [-0.25, -0.2) is 0 Å². The molecule has 0 atom stereocenters. The summed E-state index contributed by atoms with van der Waals surface area (Å²) in [6, 6.07) is 0. The van der Waals surface area contributed by atoms with Gasteiger partial charge in [-0.2, -0.15) is 0 Å². The third-order valence-electron chi connectivity index (χ3n) is 0. The molecule has 0 aromatic heterocycles. The quantitative estimate of drug-likeness (QED) is 0.428. The van der Waals surface area contributed by atoms with Crippen molar-refractivity contribution in [3.8, 4) is 0 Å². The fourth-order valence-electron chi connectivity index (χ4n) is 0. The monoisotopic (exact) mass is 266 g/mol. The van der Waals surface area contributed by atoms with E-state index in [2.05, 4.69) is 0 Å². The Balaban J connectivity index is -0.000000000833. The fraction of sp³-hybridized carbons (Fsp3) is 0. The van der Waals surface area contributed by atoms with E-state index in [0.29, 0.717) is 24.7 Å². The van der Waals surface area contributed by atoms with E-state index in [0.717, 1.165) is 0 Å². The summed E-state index contributed by atoms with van der Waals surface area (Å²) >= 11 is 0.300. The first kappa shape index (κ1) is 23.7. The molecule has 0 radical (unpaired) electrons. The maximum Gasteiger partial charge on any atom is 0 e. The van der Waals surface area contributed by atoms with E-state index in [-0.39, 0.29) is 89.4 Å². The zero-order chi connectivity index (χ0) is 2.00. The Labute approximate surface area is 114 Å². The SMILES string of the molecule is [Fe].[H-].[K+].[O]=[Zr].[Zn]. The van der Waals surface area contributed by atoms with Gasteiger partial charge in [0.2, 0.25) is 0 Å². The minimum atomic E-state index is 0. The van der Waals surface area contributed by atoms with Crippen molar-refractivity contribution < 1.29 is 117 Å². The van der Waals surface area contributed by atoms with Crippen LogP contribution < -0.4 is 51.4 Å². The Morgan fingerprint density at radius 3 is 1.40 bits per heavy atom. The van der Waals surface area contributed by atoms with E-state index in [1.54, 1.807) is 0 Å². The molecule has 0 saturated carbocycles. The van der Waals surface area contributed by atoms with Gasteiger partial charge >= 0.3 is 78.9 Å². The van der Waals surface area contributed by atoms with Gasteiger partial charge in [0.15, 0.2) is 0 Å². The van der Waals surface area contributed by atoms with Crippen LogP contribution in [0, 0.1) is 0 Å². The van der Waals surface area contributed by atoms with Crippen LogP contribution in [0.2, 0.25) is 0 Å². The average Bonchev–Trinajstić information content (AvgIpc) is 1.00. The first-order valence-corrected chi connectivity index (χ1v) is 1.21. The van der Waals surface area contributed by atoms with Crippen molar-refractivity contribution in [3.63, 3.8) is 0 Å². The van der Waals surface area contributed by atoms with Crippen LogP contribution in [-0.4, -0.2) is 0 Å². The second-order valence-corrected chi connectivity index (χ2v) is 0. The van der Waals surface area contributed by atoms with E-state index in [1.165, 1.54) is 0 Å². The molecule has 0 aliphatic rings. The Morgan fingerprint density at radius 2 is 1.40 bits per heavy atom. The Morgan fingerprint density at radius 1 is 1.40 bits per heavy atom. The van der Waals surface area contributed by atoms with E-state index >= 15 is 0 Å². The summed E-state index contributed by atoms with van der Waals surface area (Å²) in [6.45, 7) is 0. The van der Waals surface area contributed by atoms with Crippen molar-refractivity contribution in [2.24, 2.45) is 0 Å². The normalized spacial score (nSPS) is 0.600. The van der Waals surface area contributed by atoms with Gasteiger partial charge < -0.3 is 1.43 Å². The van der Waals surface area contributed by atoms with Crippen LogP contribution in [0.5, 0.6) is 0 Å². The van der Waals surface area contributed by atoms with E-state index in [1.807, 2.05) is 0 Å². The predicted octanol–water partition coefficient (Wildman–Crippen LogP) is -3.01. The summed E-state index contributed by atoms with van der Waals surface area (Å²) in [7, 11) is 0. The number of hydrogen-bond acceptors (Lipinski definition) is 1. The molecule has 0 N–H and O–H groups in total. The van der Waals surface area contributed by atoms with Crippen molar-refractivity contribution in [3.05, 3.63) is 0 Å². The molecule has 22 valence electrons. The van der Waals surface area contributed by atoms with Gasteiger partial charge in [-0.3, -0.25) is 0 Å². The predicted molar refractivity (Wildman–Crippen MR) is 1.80 cm³/mol. The molecule has 0 amide bonds. The molecule has 0 spiro atoms. The molecule has 5 heavy (non-hydrogen) atoms. The van der Waals surface area contributed by atoms with E-state index < -0.39 is 0 Å².